The molecule has 0 amide bonds. The number of nitrogens with zero attached hydrogens (tertiary/aromatic N) is 3. The minimum Gasteiger partial charge on any atom is -0.328 e. The average Bonchev–Trinajstić information content (AvgIpc) is 2.96. The van der Waals surface area contributed by atoms with Crippen LogP contribution < -0.4 is 5.73 Å². The van der Waals surface area contributed by atoms with Crippen molar-refractivity contribution in [1.82, 2.24) is 14.7 Å². The third kappa shape index (κ3) is 3.76. The molecule has 0 saturated carbocycles. The van der Waals surface area contributed by atoms with Gasteiger partial charge in [-0.15, -0.1) is 0 Å². The van der Waals surface area contributed by atoms with Crippen LogP contribution in [0.5, 0.6) is 0 Å². The lowest BCUT2D eigenvalue weighted by Crippen LogP contribution is -2.39. The molecule has 1 atom stereocenters. The molecule has 0 aliphatic carbocycles. The maximum Gasteiger partial charge on any atom is 0.151 e. The monoisotopic (exact) mass is 320 g/mol. The van der Waals surface area contributed by atoms with Crippen LogP contribution in [0.4, 0.5) is 8.78 Å². The Hall–Kier alpha value is -1.79. The maximum atomic E-state index is 13.8. The fraction of sp³-hybridized carbons (Fsp3) is 0.471. The van der Waals surface area contributed by atoms with Crippen LogP contribution in [0.3, 0.4) is 0 Å². The van der Waals surface area contributed by atoms with Gasteiger partial charge in [-0.2, -0.15) is 5.10 Å². The Labute approximate surface area is 134 Å². The number of hydrogen-bond donors (Lipinski definition) is 1. The van der Waals surface area contributed by atoms with Gasteiger partial charge in [-0.25, -0.2) is 13.5 Å². The largest absolute Gasteiger partial charge is 0.328 e. The van der Waals surface area contributed by atoms with E-state index in [0.717, 1.165) is 44.2 Å². The number of nitrogens with two attached hydrogens (primary N) is 1. The third-order valence-electron chi connectivity index (χ3n) is 4.56. The van der Waals surface area contributed by atoms with Gasteiger partial charge in [0, 0.05) is 24.8 Å². The Morgan fingerprint density at radius 2 is 2.00 bits per heavy atom. The van der Waals surface area contributed by atoms with E-state index in [1.165, 1.54) is 16.8 Å². The number of likely N-dealkylation sites (tertiary alicyclic amines) is 1. The van der Waals surface area contributed by atoms with E-state index in [4.69, 9.17) is 5.73 Å². The van der Waals surface area contributed by atoms with Crippen molar-refractivity contribution in [2.75, 3.05) is 13.1 Å². The molecule has 1 aromatic heterocycles. The lowest BCUT2D eigenvalue weighted by molar-refractivity contribution is 0.164. The molecule has 1 aromatic carbocycles. The normalized spacial score (nSPS) is 18.3. The summed E-state index contributed by atoms with van der Waals surface area (Å²) in [6.07, 6.45) is 3.91. The smallest absolute Gasteiger partial charge is 0.151 e. The van der Waals surface area contributed by atoms with Crippen LogP contribution >= 0.6 is 0 Å². The number of piperidine rings is 1. The van der Waals surface area contributed by atoms with Crippen molar-refractivity contribution in [3.8, 4) is 5.69 Å². The molecule has 1 aliphatic rings. The fourth-order valence-electron chi connectivity index (χ4n) is 3.11. The van der Waals surface area contributed by atoms with Gasteiger partial charge in [0.15, 0.2) is 5.82 Å². The molecule has 1 saturated heterocycles. The van der Waals surface area contributed by atoms with E-state index in [1.807, 2.05) is 6.07 Å². The second-order valence-electron chi connectivity index (χ2n) is 6.32. The third-order valence-corrected chi connectivity index (χ3v) is 4.56. The number of halogens is 2. The minimum absolute atomic E-state index is 0.248. The first-order chi connectivity index (χ1) is 11.0. The van der Waals surface area contributed by atoms with Gasteiger partial charge in [-0.3, -0.25) is 4.90 Å². The van der Waals surface area contributed by atoms with Crippen LogP contribution in [0.25, 0.3) is 5.69 Å². The Kier molecular flexibility index (Phi) is 4.73. The van der Waals surface area contributed by atoms with Crippen molar-refractivity contribution in [3.05, 3.63) is 47.8 Å². The highest BCUT2D eigenvalue weighted by Gasteiger charge is 2.22. The standard InChI is InChI=1S/C17H22F2N4/c1-12(20)13-4-7-22(8-5-13)11-15-6-9-23(21-15)17-3-2-14(18)10-16(17)19/h2-3,6,9-10,12-13H,4-5,7-8,11,20H2,1H3. The Morgan fingerprint density at radius 1 is 1.26 bits per heavy atom. The molecule has 1 fully saturated rings. The second kappa shape index (κ2) is 6.76. The van der Waals surface area contributed by atoms with Crippen LogP contribution in [0.1, 0.15) is 25.5 Å². The summed E-state index contributed by atoms with van der Waals surface area (Å²) in [6.45, 7) is 4.81. The summed E-state index contributed by atoms with van der Waals surface area (Å²) in [5.74, 6) is -0.606. The molecule has 2 aromatic rings. The van der Waals surface area contributed by atoms with Crippen molar-refractivity contribution in [3.63, 3.8) is 0 Å². The highest BCUT2D eigenvalue weighted by molar-refractivity contribution is 5.33. The quantitative estimate of drug-likeness (QED) is 0.942. The van der Waals surface area contributed by atoms with Crippen molar-refractivity contribution in [2.45, 2.75) is 32.4 Å². The Bertz CT molecular complexity index is 660. The summed E-state index contributed by atoms with van der Waals surface area (Å²) in [5.41, 5.74) is 7.10. The van der Waals surface area contributed by atoms with E-state index in [0.29, 0.717) is 5.92 Å². The van der Waals surface area contributed by atoms with Gasteiger partial charge < -0.3 is 5.73 Å². The van der Waals surface area contributed by atoms with Gasteiger partial charge in [0.2, 0.25) is 0 Å². The van der Waals surface area contributed by atoms with Crippen LogP contribution in [0, 0.1) is 17.6 Å². The second-order valence-corrected chi connectivity index (χ2v) is 6.32. The molecular weight excluding hydrogens is 298 g/mol. The van der Waals surface area contributed by atoms with Gasteiger partial charge in [-0.1, -0.05) is 0 Å². The zero-order chi connectivity index (χ0) is 16.4. The van der Waals surface area contributed by atoms with E-state index < -0.39 is 11.6 Å². The molecule has 0 spiro atoms. The summed E-state index contributed by atoms with van der Waals surface area (Å²) < 4.78 is 28.2. The molecule has 23 heavy (non-hydrogen) atoms. The topological polar surface area (TPSA) is 47.1 Å². The predicted octanol–water partition coefficient (Wildman–Crippen LogP) is 2.71. The van der Waals surface area contributed by atoms with Gasteiger partial charge in [0.05, 0.1) is 5.69 Å². The van der Waals surface area contributed by atoms with Gasteiger partial charge in [-0.05, 0) is 57.0 Å². The van der Waals surface area contributed by atoms with E-state index in [-0.39, 0.29) is 11.7 Å². The van der Waals surface area contributed by atoms with Gasteiger partial charge >= 0.3 is 0 Å². The summed E-state index contributed by atoms with van der Waals surface area (Å²) in [4.78, 5) is 2.34. The summed E-state index contributed by atoms with van der Waals surface area (Å²) in [5, 5.41) is 4.41. The first kappa shape index (κ1) is 16.1. The molecule has 6 heteroatoms. The minimum atomic E-state index is -0.614. The van der Waals surface area contributed by atoms with Crippen molar-refractivity contribution >= 4 is 0 Å². The molecule has 124 valence electrons. The molecule has 1 aliphatic heterocycles. The van der Waals surface area contributed by atoms with Crippen LogP contribution in [0.2, 0.25) is 0 Å². The van der Waals surface area contributed by atoms with E-state index in [2.05, 4.69) is 16.9 Å². The Balaban J connectivity index is 1.64. The SMILES string of the molecule is CC(N)C1CCN(Cc2ccn(-c3ccc(F)cc3F)n2)CC1. The van der Waals surface area contributed by atoms with Crippen LogP contribution in [0.15, 0.2) is 30.5 Å². The first-order valence-electron chi connectivity index (χ1n) is 8.01. The van der Waals surface area contributed by atoms with Gasteiger partial charge in [0.1, 0.15) is 11.5 Å². The molecule has 4 nitrogen and oxygen atoms in total. The Morgan fingerprint density at radius 3 is 2.65 bits per heavy atom. The molecule has 3 rings (SSSR count). The lowest BCUT2D eigenvalue weighted by atomic mass is 9.91. The predicted molar refractivity (Wildman–Crippen MR) is 85.1 cm³/mol. The van der Waals surface area contributed by atoms with Crippen LogP contribution in [-0.2, 0) is 6.54 Å². The van der Waals surface area contributed by atoms with E-state index in [9.17, 15) is 8.78 Å². The molecule has 0 radical (unpaired) electrons. The zero-order valence-corrected chi connectivity index (χ0v) is 13.3. The molecule has 2 N–H and O–H groups in total. The number of aromatic nitrogens is 2. The molecule has 2 heterocycles. The van der Waals surface area contributed by atoms with Crippen LogP contribution in [-0.4, -0.2) is 33.8 Å². The highest BCUT2D eigenvalue weighted by Crippen LogP contribution is 2.21. The van der Waals surface area contributed by atoms with E-state index >= 15 is 0 Å². The fourth-order valence-corrected chi connectivity index (χ4v) is 3.11. The first-order valence-corrected chi connectivity index (χ1v) is 8.01. The number of benzene rings is 1. The number of rotatable bonds is 4. The maximum absolute atomic E-state index is 13.8. The average molecular weight is 320 g/mol. The number of hydrogen-bond acceptors (Lipinski definition) is 3. The zero-order valence-electron chi connectivity index (χ0n) is 13.3. The van der Waals surface area contributed by atoms with Gasteiger partial charge in [0.25, 0.3) is 0 Å². The van der Waals surface area contributed by atoms with Crippen molar-refractivity contribution in [2.24, 2.45) is 11.7 Å². The summed E-state index contributed by atoms with van der Waals surface area (Å²) in [6, 6.07) is 5.63. The molecule has 1 unspecified atom stereocenters. The van der Waals surface area contributed by atoms with Crippen molar-refractivity contribution in [1.29, 1.82) is 0 Å². The summed E-state index contributed by atoms with van der Waals surface area (Å²) in [7, 11) is 0. The van der Waals surface area contributed by atoms with Crippen molar-refractivity contribution < 1.29 is 8.78 Å². The molecular formula is C17H22F2N4. The molecule has 0 bridgehead atoms. The summed E-state index contributed by atoms with van der Waals surface area (Å²) >= 11 is 0. The van der Waals surface area contributed by atoms with E-state index in [1.54, 1.807) is 6.20 Å². The highest BCUT2D eigenvalue weighted by atomic mass is 19.1. The lowest BCUT2D eigenvalue weighted by Gasteiger charge is -2.33.